The van der Waals surface area contributed by atoms with Crippen LogP contribution < -0.4 is 4.90 Å². The van der Waals surface area contributed by atoms with Gasteiger partial charge < -0.3 is 4.90 Å². The van der Waals surface area contributed by atoms with E-state index in [2.05, 4.69) is 43.5 Å². The van der Waals surface area contributed by atoms with Gasteiger partial charge in [0, 0.05) is 19.6 Å². The van der Waals surface area contributed by atoms with Crippen LogP contribution in [0.25, 0.3) is 0 Å². The van der Waals surface area contributed by atoms with Crippen LogP contribution in [-0.2, 0) is 6.54 Å². The van der Waals surface area contributed by atoms with Gasteiger partial charge in [0.25, 0.3) is 0 Å². The standard InChI is InChI=1S/C13H18N4S2/c1-16(8-10-6-7-19-9-10)12-14-15-13(18)17(12)11-4-2-3-5-11/h6-7,9,11H,2-5,8H2,1H3,(H,15,18). The van der Waals surface area contributed by atoms with Gasteiger partial charge in [0.05, 0.1) is 0 Å². The molecule has 0 bridgehead atoms. The third-order valence-electron chi connectivity index (χ3n) is 3.72. The Morgan fingerprint density at radius 1 is 1.53 bits per heavy atom. The highest BCUT2D eigenvalue weighted by molar-refractivity contribution is 7.71. The molecule has 1 aliphatic rings. The van der Waals surface area contributed by atoms with Gasteiger partial charge >= 0.3 is 0 Å². The van der Waals surface area contributed by atoms with Crippen molar-refractivity contribution in [3.05, 3.63) is 27.2 Å². The van der Waals surface area contributed by atoms with Gasteiger partial charge in [-0.2, -0.15) is 11.3 Å². The molecule has 2 heterocycles. The van der Waals surface area contributed by atoms with E-state index in [4.69, 9.17) is 12.2 Å². The molecule has 2 aromatic heterocycles. The summed E-state index contributed by atoms with van der Waals surface area (Å²) in [5, 5.41) is 11.7. The van der Waals surface area contributed by atoms with Crippen LogP contribution in [-0.4, -0.2) is 21.8 Å². The summed E-state index contributed by atoms with van der Waals surface area (Å²) in [6.07, 6.45) is 5.02. The first-order valence-electron chi connectivity index (χ1n) is 6.65. The smallest absolute Gasteiger partial charge is 0.226 e. The van der Waals surface area contributed by atoms with Crippen LogP contribution >= 0.6 is 23.6 Å². The Bertz CT molecular complexity index is 578. The van der Waals surface area contributed by atoms with Crippen LogP contribution in [0, 0.1) is 4.77 Å². The molecule has 2 aromatic rings. The van der Waals surface area contributed by atoms with Gasteiger partial charge in [0.2, 0.25) is 5.95 Å². The van der Waals surface area contributed by atoms with Gasteiger partial charge in [-0.1, -0.05) is 12.8 Å². The van der Waals surface area contributed by atoms with Crippen LogP contribution in [0.2, 0.25) is 0 Å². The first-order valence-corrected chi connectivity index (χ1v) is 8.00. The normalized spacial score (nSPS) is 16.1. The predicted molar refractivity (Wildman–Crippen MR) is 81.3 cm³/mol. The molecule has 1 N–H and O–H groups in total. The second-order valence-corrected chi connectivity index (χ2v) is 6.29. The molecule has 0 spiro atoms. The number of nitrogens with zero attached hydrogens (tertiary/aromatic N) is 3. The highest BCUT2D eigenvalue weighted by atomic mass is 32.1. The van der Waals surface area contributed by atoms with Gasteiger partial charge in [0.1, 0.15) is 0 Å². The van der Waals surface area contributed by atoms with Crippen molar-refractivity contribution in [2.24, 2.45) is 0 Å². The van der Waals surface area contributed by atoms with E-state index in [1.54, 1.807) is 11.3 Å². The van der Waals surface area contributed by atoms with Crippen molar-refractivity contribution in [3.8, 4) is 0 Å². The second-order valence-electron chi connectivity index (χ2n) is 5.12. The van der Waals surface area contributed by atoms with E-state index in [0.717, 1.165) is 17.3 Å². The average Bonchev–Trinajstić information content (AvgIpc) is 3.08. The maximum atomic E-state index is 5.40. The van der Waals surface area contributed by atoms with Crippen molar-refractivity contribution in [2.45, 2.75) is 38.3 Å². The molecule has 0 atom stereocenters. The van der Waals surface area contributed by atoms with Crippen molar-refractivity contribution in [2.75, 3.05) is 11.9 Å². The Morgan fingerprint density at radius 3 is 3.00 bits per heavy atom. The third-order valence-corrected chi connectivity index (χ3v) is 4.74. The minimum Gasteiger partial charge on any atom is -0.340 e. The Morgan fingerprint density at radius 2 is 2.32 bits per heavy atom. The molecule has 102 valence electrons. The lowest BCUT2D eigenvalue weighted by molar-refractivity contribution is 0.509. The van der Waals surface area contributed by atoms with Crippen LogP contribution in [0.4, 0.5) is 5.95 Å². The summed E-state index contributed by atoms with van der Waals surface area (Å²) in [7, 11) is 2.08. The zero-order valence-corrected chi connectivity index (χ0v) is 12.6. The first-order chi connectivity index (χ1) is 9.25. The van der Waals surface area contributed by atoms with Gasteiger partial charge in [-0.15, -0.1) is 5.10 Å². The molecule has 0 radical (unpaired) electrons. The van der Waals surface area contributed by atoms with Crippen molar-refractivity contribution in [3.63, 3.8) is 0 Å². The number of aromatic amines is 1. The molecule has 6 heteroatoms. The Labute approximate surface area is 122 Å². The summed E-state index contributed by atoms with van der Waals surface area (Å²) in [6, 6.07) is 2.67. The SMILES string of the molecule is CN(Cc1ccsc1)c1n[nH]c(=S)n1C1CCCC1. The molecule has 3 rings (SSSR count). The first kappa shape index (κ1) is 12.9. The van der Waals surface area contributed by atoms with Crippen molar-refractivity contribution in [1.82, 2.24) is 14.8 Å². The predicted octanol–water partition coefficient (Wildman–Crippen LogP) is 3.75. The number of hydrogen-bond acceptors (Lipinski definition) is 4. The second kappa shape index (κ2) is 5.46. The Hall–Kier alpha value is -1.14. The van der Waals surface area contributed by atoms with Crippen molar-refractivity contribution >= 4 is 29.5 Å². The number of hydrogen-bond donors (Lipinski definition) is 1. The number of H-pyrrole nitrogens is 1. The summed E-state index contributed by atoms with van der Waals surface area (Å²) in [5.74, 6) is 0.961. The maximum Gasteiger partial charge on any atom is 0.226 e. The van der Waals surface area contributed by atoms with Gasteiger partial charge in [-0.3, -0.25) is 4.57 Å². The van der Waals surface area contributed by atoms with Gasteiger partial charge in [-0.05, 0) is 47.4 Å². The summed E-state index contributed by atoms with van der Waals surface area (Å²) in [5.41, 5.74) is 1.32. The van der Waals surface area contributed by atoms with Crippen molar-refractivity contribution in [1.29, 1.82) is 0 Å². The highest BCUT2D eigenvalue weighted by Crippen LogP contribution is 2.32. The van der Waals surface area contributed by atoms with E-state index >= 15 is 0 Å². The van der Waals surface area contributed by atoms with E-state index in [1.165, 1.54) is 31.2 Å². The average molecular weight is 294 g/mol. The zero-order chi connectivity index (χ0) is 13.2. The molecule has 19 heavy (non-hydrogen) atoms. The molecule has 0 unspecified atom stereocenters. The molecule has 0 amide bonds. The van der Waals surface area contributed by atoms with Crippen LogP contribution in [0.1, 0.15) is 37.3 Å². The lowest BCUT2D eigenvalue weighted by Crippen LogP contribution is -2.22. The lowest BCUT2D eigenvalue weighted by atomic mass is 10.2. The number of nitrogens with one attached hydrogen (secondary N) is 1. The van der Waals surface area contributed by atoms with Crippen LogP contribution in [0.3, 0.4) is 0 Å². The topological polar surface area (TPSA) is 36.9 Å². The molecule has 1 fully saturated rings. The Kier molecular flexibility index (Phi) is 3.70. The maximum absolute atomic E-state index is 5.40. The largest absolute Gasteiger partial charge is 0.340 e. The lowest BCUT2D eigenvalue weighted by Gasteiger charge is -2.21. The fraction of sp³-hybridized carbons (Fsp3) is 0.538. The van der Waals surface area contributed by atoms with Crippen LogP contribution in [0.15, 0.2) is 16.8 Å². The third kappa shape index (κ3) is 2.60. The monoisotopic (exact) mass is 294 g/mol. The summed E-state index contributed by atoms with van der Waals surface area (Å²) < 4.78 is 2.95. The molecule has 0 aromatic carbocycles. The van der Waals surface area contributed by atoms with E-state index in [0.29, 0.717) is 6.04 Å². The molecule has 1 aliphatic carbocycles. The van der Waals surface area contributed by atoms with E-state index in [1.807, 2.05) is 0 Å². The molecular weight excluding hydrogens is 276 g/mol. The van der Waals surface area contributed by atoms with E-state index in [9.17, 15) is 0 Å². The number of thiophene rings is 1. The molecule has 0 saturated heterocycles. The summed E-state index contributed by atoms with van der Waals surface area (Å²) >= 11 is 7.13. The fourth-order valence-corrected chi connectivity index (χ4v) is 3.72. The minimum absolute atomic E-state index is 0.520. The molecule has 0 aliphatic heterocycles. The Balaban J connectivity index is 1.85. The fourth-order valence-electron chi connectivity index (χ4n) is 2.78. The summed E-state index contributed by atoms with van der Waals surface area (Å²) in [4.78, 5) is 2.17. The van der Waals surface area contributed by atoms with E-state index in [-0.39, 0.29) is 0 Å². The molecule has 4 nitrogen and oxygen atoms in total. The number of aromatic nitrogens is 3. The van der Waals surface area contributed by atoms with E-state index < -0.39 is 0 Å². The number of rotatable bonds is 4. The molecular formula is C13H18N4S2. The van der Waals surface area contributed by atoms with Gasteiger partial charge in [0.15, 0.2) is 4.77 Å². The number of anilines is 1. The minimum atomic E-state index is 0.520. The highest BCUT2D eigenvalue weighted by Gasteiger charge is 2.22. The quantitative estimate of drug-likeness (QED) is 0.872. The van der Waals surface area contributed by atoms with Crippen molar-refractivity contribution < 1.29 is 0 Å². The van der Waals surface area contributed by atoms with Gasteiger partial charge in [-0.25, -0.2) is 5.10 Å². The van der Waals surface area contributed by atoms with Crippen LogP contribution in [0.5, 0.6) is 0 Å². The summed E-state index contributed by atoms with van der Waals surface area (Å²) in [6.45, 7) is 0.871. The zero-order valence-electron chi connectivity index (χ0n) is 11.0. The molecule has 1 saturated carbocycles.